The minimum atomic E-state index is -0.776. The molecule has 0 saturated carbocycles. The molecule has 2 aliphatic carbocycles. The molecule has 4 aromatic heterocycles. The highest BCUT2D eigenvalue weighted by molar-refractivity contribution is 6.15. The molecule has 101 heavy (non-hydrogen) atoms. The third-order valence-electron chi connectivity index (χ3n) is 20.9. The van der Waals surface area contributed by atoms with Crippen molar-refractivity contribution >= 4 is 43.6 Å². The van der Waals surface area contributed by atoms with Crippen LogP contribution in [0.2, 0.25) is 0 Å². The summed E-state index contributed by atoms with van der Waals surface area (Å²) in [5, 5.41) is 4.24. The fourth-order valence-electron chi connectivity index (χ4n) is 16.0. The zero-order valence-electron chi connectivity index (χ0n) is 55.3. The monoisotopic (exact) mass is 1280 g/mol. The van der Waals surface area contributed by atoms with Crippen molar-refractivity contribution in [1.29, 1.82) is 0 Å². The Morgan fingerprint density at radius 2 is 0.554 bits per heavy atom. The lowest BCUT2D eigenvalue weighted by Crippen LogP contribution is -2.30. The molecule has 0 aliphatic heterocycles. The number of aromatic nitrogens is 4. The molecular weight excluding hydrogens is 1220 g/mol. The first-order valence-corrected chi connectivity index (χ1v) is 34.9. The standard InChI is InChI=1S/C97H64N4/c1-9-25-63(26-10-1)73-45-51-77-78-52-46-74(64-27-11-2-12-28-64)58-88(78)97(87(77)57-73,75-47-41-71(42-48-75)91-61-85(67-33-17-5-18-34-67)81-55-53-79-83(65-29-13-3-14-30-65)59-89(69-37-21-7-22-38-69)98-93(79)95(81)100-91)76-49-43-72(44-50-76)92-62-86(68-35-19-6-20-36-68)82-56-54-80-84(66-31-15-4-16-32-66)60-90(70-39-23-8-24-40-70)99-94(80)96(82)101-92/h1-43,45-62,72H,44H2. The molecule has 4 nitrogen and oxygen atoms in total. The lowest BCUT2D eigenvalue weighted by molar-refractivity contribution is 0.729. The van der Waals surface area contributed by atoms with Gasteiger partial charge in [0.15, 0.2) is 0 Å². The molecule has 2 aliphatic rings. The molecule has 4 heterocycles. The van der Waals surface area contributed by atoms with E-state index in [0.717, 1.165) is 128 Å². The quantitative estimate of drug-likeness (QED) is 0.114. The average Bonchev–Trinajstić information content (AvgIpc) is 1.55. The van der Waals surface area contributed by atoms with E-state index >= 15 is 0 Å². The third-order valence-corrected chi connectivity index (χ3v) is 20.9. The fourth-order valence-corrected chi connectivity index (χ4v) is 16.0. The lowest BCUT2D eigenvalue weighted by Gasteiger charge is -2.37. The van der Waals surface area contributed by atoms with Crippen LogP contribution in [-0.2, 0) is 5.41 Å². The van der Waals surface area contributed by atoms with Gasteiger partial charge in [-0.1, -0.05) is 334 Å². The van der Waals surface area contributed by atoms with Gasteiger partial charge in [0.2, 0.25) is 0 Å². The van der Waals surface area contributed by atoms with Crippen molar-refractivity contribution in [1.82, 2.24) is 19.9 Å². The van der Waals surface area contributed by atoms with Gasteiger partial charge in [-0.05, 0) is 143 Å². The summed E-state index contributed by atoms with van der Waals surface area (Å²) in [6.45, 7) is 0. The summed E-state index contributed by atoms with van der Waals surface area (Å²) in [7, 11) is 0. The first kappa shape index (κ1) is 59.3. The summed E-state index contributed by atoms with van der Waals surface area (Å²) in [6.07, 6.45) is 8.11. The molecule has 1 atom stereocenters. The molecule has 0 amide bonds. The van der Waals surface area contributed by atoms with Crippen LogP contribution in [0, 0.1) is 0 Å². The largest absolute Gasteiger partial charge is 0.250 e. The maximum atomic E-state index is 5.83. The van der Waals surface area contributed by atoms with Gasteiger partial charge in [0.25, 0.3) is 0 Å². The highest BCUT2D eigenvalue weighted by Gasteiger charge is 2.48. The van der Waals surface area contributed by atoms with E-state index in [1.807, 2.05) is 0 Å². The highest BCUT2D eigenvalue weighted by Crippen LogP contribution is 2.59. The molecule has 1 unspecified atom stereocenters. The van der Waals surface area contributed by atoms with Gasteiger partial charge < -0.3 is 0 Å². The van der Waals surface area contributed by atoms with Gasteiger partial charge in [0, 0.05) is 49.8 Å². The first-order chi connectivity index (χ1) is 50.1. The number of pyridine rings is 4. The van der Waals surface area contributed by atoms with Crippen molar-refractivity contribution in [3.05, 3.63) is 398 Å². The van der Waals surface area contributed by atoms with Crippen LogP contribution in [-0.4, -0.2) is 19.9 Å². The molecule has 0 fully saturated rings. The second kappa shape index (κ2) is 24.8. The Bertz CT molecular complexity index is 6010. The molecule has 0 spiro atoms. The third kappa shape index (κ3) is 10.3. The zero-order valence-corrected chi connectivity index (χ0v) is 55.3. The van der Waals surface area contributed by atoms with Crippen molar-refractivity contribution in [2.75, 3.05) is 0 Å². The van der Waals surface area contributed by atoms with E-state index in [-0.39, 0.29) is 5.92 Å². The molecule has 0 saturated heterocycles. The molecule has 0 radical (unpaired) electrons. The van der Waals surface area contributed by atoms with E-state index < -0.39 is 5.41 Å². The Hall–Kier alpha value is -13.0. The number of benzene rings is 13. The molecule has 0 bridgehead atoms. The van der Waals surface area contributed by atoms with Crippen LogP contribution in [0.3, 0.4) is 0 Å². The molecule has 13 aromatic carbocycles. The highest BCUT2D eigenvalue weighted by atomic mass is 14.8. The Labute approximate surface area is 587 Å². The number of fused-ring (bicyclic) bond motifs is 9. The fraction of sp³-hybridized carbons (Fsp3) is 0.0309. The Balaban J connectivity index is 0.813. The van der Waals surface area contributed by atoms with Crippen LogP contribution in [0.5, 0.6) is 0 Å². The normalized spacial score (nSPS) is 13.7. The molecular formula is C97H64N4. The van der Waals surface area contributed by atoms with E-state index in [0.29, 0.717) is 6.42 Å². The van der Waals surface area contributed by atoms with Crippen molar-refractivity contribution in [2.45, 2.75) is 17.8 Å². The van der Waals surface area contributed by atoms with Gasteiger partial charge in [-0.3, -0.25) is 0 Å². The molecule has 472 valence electrons. The van der Waals surface area contributed by atoms with Crippen molar-refractivity contribution in [3.63, 3.8) is 0 Å². The summed E-state index contributed by atoms with van der Waals surface area (Å²) < 4.78 is 0. The van der Waals surface area contributed by atoms with Gasteiger partial charge in [-0.25, -0.2) is 19.9 Å². The predicted octanol–water partition coefficient (Wildman–Crippen LogP) is 24.9. The maximum absolute atomic E-state index is 5.83. The summed E-state index contributed by atoms with van der Waals surface area (Å²) in [5.74, 6) is -0.0613. The van der Waals surface area contributed by atoms with Crippen LogP contribution >= 0.6 is 0 Å². The maximum Gasteiger partial charge on any atom is 0.0978 e. The van der Waals surface area contributed by atoms with Crippen molar-refractivity contribution < 1.29 is 0 Å². The van der Waals surface area contributed by atoms with Crippen LogP contribution in [0.25, 0.3) is 155 Å². The summed E-state index contributed by atoms with van der Waals surface area (Å²) >= 11 is 0. The van der Waals surface area contributed by atoms with Gasteiger partial charge in [0.05, 0.1) is 44.6 Å². The van der Waals surface area contributed by atoms with Crippen LogP contribution < -0.4 is 0 Å². The Morgan fingerprint density at radius 1 is 0.248 bits per heavy atom. The van der Waals surface area contributed by atoms with E-state index in [1.165, 1.54) is 55.6 Å². The molecule has 4 heteroatoms. The van der Waals surface area contributed by atoms with E-state index in [4.69, 9.17) is 19.9 Å². The molecule has 0 N–H and O–H groups in total. The lowest BCUT2D eigenvalue weighted by atomic mass is 9.65. The average molecular weight is 1290 g/mol. The first-order valence-electron chi connectivity index (χ1n) is 34.9. The van der Waals surface area contributed by atoms with Crippen molar-refractivity contribution in [3.8, 4) is 112 Å². The Kier molecular flexibility index (Phi) is 14.6. The number of allylic oxidation sites excluding steroid dienone is 4. The number of rotatable bonds is 12. The second-order valence-electron chi connectivity index (χ2n) is 26.6. The van der Waals surface area contributed by atoms with E-state index in [1.54, 1.807) is 0 Å². The molecule has 17 aromatic rings. The van der Waals surface area contributed by atoms with Gasteiger partial charge in [-0.15, -0.1) is 0 Å². The minimum absolute atomic E-state index is 0.0613. The van der Waals surface area contributed by atoms with Crippen LogP contribution in [0.15, 0.2) is 376 Å². The van der Waals surface area contributed by atoms with Gasteiger partial charge in [0.1, 0.15) is 0 Å². The molecule has 19 rings (SSSR count). The number of hydrogen-bond acceptors (Lipinski definition) is 4. The minimum Gasteiger partial charge on any atom is -0.250 e. The van der Waals surface area contributed by atoms with Gasteiger partial charge in [-0.2, -0.15) is 0 Å². The van der Waals surface area contributed by atoms with Crippen LogP contribution in [0.1, 0.15) is 34.7 Å². The van der Waals surface area contributed by atoms with E-state index in [2.05, 4.69) is 370 Å². The smallest absolute Gasteiger partial charge is 0.0978 e. The van der Waals surface area contributed by atoms with Crippen LogP contribution in [0.4, 0.5) is 0 Å². The van der Waals surface area contributed by atoms with Crippen molar-refractivity contribution in [2.24, 2.45) is 0 Å². The van der Waals surface area contributed by atoms with Gasteiger partial charge >= 0.3 is 0 Å². The van der Waals surface area contributed by atoms with E-state index in [9.17, 15) is 0 Å². The summed E-state index contributed by atoms with van der Waals surface area (Å²) in [4.78, 5) is 22.7. The topological polar surface area (TPSA) is 51.6 Å². The predicted molar refractivity (Wildman–Crippen MR) is 419 cm³/mol. The second-order valence-corrected chi connectivity index (χ2v) is 26.6. The summed E-state index contributed by atoms with van der Waals surface area (Å²) in [6, 6.07) is 128. The number of hydrogen-bond donors (Lipinski definition) is 0. The zero-order chi connectivity index (χ0) is 66.8. The Morgan fingerprint density at radius 3 is 0.901 bits per heavy atom. The summed E-state index contributed by atoms with van der Waals surface area (Å²) in [5.41, 5.74) is 30.5. The number of nitrogens with zero attached hydrogens (tertiary/aromatic N) is 4. The SMILES string of the molecule is C1=CC(c2cc(-c3ccccc3)c3ccc4c(-c5ccccc5)cc(-c5ccccc5)nc4c3n2)CC=C1C1(c2ccc(-c3cc(-c4ccccc4)c4ccc5c(-c6ccccc6)cc(-c6ccccc6)nc5c4n3)cc2)c2cc(-c3ccccc3)ccc2-c2ccc(-c3ccccc3)cc21.